The number of nitro benzene ring substituents is 1. The zero-order valence-corrected chi connectivity index (χ0v) is 12.1. The summed E-state index contributed by atoms with van der Waals surface area (Å²) < 4.78 is 5.14. The summed E-state index contributed by atoms with van der Waals surface area (Å²) in [6, 6.07) is 4.16. The van der Waals surface area contributed by atoms with Crippen molar-refractivity contribution in [1.29, 1.82) is 0 Å². The maximum Gasteiger partial charge on any atom is 0.311 e. The molecule has 0 unspecified atom stereocenters. The largest absolute Gasteiger partial charge is 0.487 e. The number of carbonyl (C=O) groups is 2. The van der Waals surface area contributed by atoms with Gasteiger partial charge >= 0.3 is 5.69 Å². The van der Waals surface area contributed by atoms with Crippen molar-refractivity contribution in [3.05, 3.63) is 33.9 Å². The van der Waals surface area contributed by atoms with Crippen LogP contribution in [-0.4, -0.2) is 35.9 Å². The Kier molecular flexibility index (Phi) is 4.92. The standard InChI is InChI=1S/C14H17N3O5/c1-2-22-12-6-3-9(7-11(12)17(20)21)14(19)15-8-13(18)16-10-4-5-10/h3,6-7,10H,2,4-5,8H2,1H3,(H,15,19)(H,16,18). The molecule has 1 aromatic rings. The highest BCUT2D eigenvalue weighted by atomic mass is 16.6. The van der Waals surface area contributed by atoms with Gasteiger partial charge in [-0.05, 0) is 31.9 Å². The molecule has 1 aliphatic rings. The first-order valence-corrected chi connectivity index (χ1v) is 7.00. The van der Waals surface area contributed by atoms with Crippen LogP contribution in [0.2, 0.25) is 0 Å². The number of hydrogen-bond acceptors (Lipinski definition) is 5. The van der Waals surface area contributed by atoms with Crippen LogP contribution in [0.3, 0.4) is 0 Å². The van der Waals surface area contributed by atoms with Gasteiger partial charge in [0.15, 0.2) is 5.75 Å². The van der Waals surface area contributed by atoms with E-state index in [1.54, 1.807) is 6.92 Å². The monoisotopic (exact) mass is 307 g/mol. The molecule has 0 atom stereocenters. The van der Waals surface area contributed by atoms with E-state index in [1.807, 2.05) is 0 Å². The lowest BCUT2D eigenvalue weighted by atomic mass is 10.1. The van der Waals surface area contributed by atoms with E-state index >= 15 is 0 Å². The van der Waals surface area contributed by atoms with Gasteiger partial charge in [0, 0.05) is 17.7 Å². The quantitative estimate of drug-likeness (QED) is 0.577. The maximum atomic E-state index is 11.9. The summed E-state index contributed by atoms with van der Waals surface area (Å²) in [7, 11) is 0. The van der Waals surface area contributed by atoms with Crippen molar-refractivity contribution < 1.29 is 19.2 Å². The van der Waals surface area contributed by atoms with Crippen molar-refractivity contribution in [3.63, 3.8) is 0 Å². The summed E-state index contributed by atoms with van der Waals surface area (Å²) in [6.07, 6.45) is 1.93. The first-order valence-electron chi connectivity index (χ1n) is 7.00. The van der Waals surface area contributed by atoms with Crippen molar-refractivity contribution in [2.24, 2.45) is 0 Å². The van der Waals surface area contributed by atoms with Crippen molar-refractivity contribution >= 4 is 17.5 Å². The summed E-state index contributed by atoms with van der Waals surface area (Å²) in [4.78, 5) is 33.8. The predicted octanol–water partition coefficient (Wildman–Crippen LogP) is 1.00. The fraction of sp³-hybridized carbons (Fsp3) is 0.429. The molecule has 1 aliphatic carbocycles. The molecule has 2 amide bonds. The number of amides is 2. The average Bonchev–Trinajstić information content (AvgIpc) is 3.29. The molecule has 0 aliphatic heterocycles. The van der Waals surface area contributed by atoms with Crippen LogP contribution in [0.25, 0.3) is 0 Å². The summed E-state index contributed by atoms with van der Waals surface area (Å²) in [6.45, 7) is 1.84. The van der Waals surface area contributed by atoms with Crippen LogP contribution < -0.4 is 15.4 Å². The smallest absolute Gasteiger partial charge is 0.311 e. The van der Waals surface area contributed by atoms with Crippen LogP contribution in [0.15, 0.2) is 18.2 Å². The Morgan fingerprint density at radius 2 is 2.14 bits per heavy atom. The molecule has 2 N–H and O–H groups in total. The van der Waals surface area contributed by atoms with E-state index in [4.69, 9.17) is 4.74 Å². The molecular formula is C14H17N3O5. The summed E-state index contributed by atoms with van der Waals surface area (Å²) in [5.74, 6) is -0.705. The third-order valence-corrected chi connectivity index (χ3v) is 3.07. The fourth-order valence-corrected chi connectivity index (χ4v) is 1.85. The molecule has 8 nitrogen and oxygen atoms in total. The van der Waals surface area contributed by atoms with Gasteiger partial charge in [-0.15, -0.1) is 0 Å². The number of nitro groups is 1. The molecule has 22 heavy (non-hydrogen) atoms. The molecule has 2 rings (SSSR count). The van der Waals surface area contributed by atoms with Crippen molar-refractivity contribution in [3.8, 4) is 5.75 Å². The number of hydrogen-bond donors (Lipinski definition) is 2. The van der Waals surface area contributed by atoms with Crippen LogP contribution >= 0.6 is 0 Å². The highest BCUT2D eigenvalue weighted by Crippen LogP contribution is 2.27. The van der Waals surface area contributed by atoms with Crippen molar-refractivity contribution in [1.82, 2.24) is 10.6 Å². The first-order chi connectivity index (χ1) is 10.5. The number of rotatable bonds is 7. The van der Waals surface area contributed by atoms with Gasteiger partial charge in [-0.1, -0.05) is 0 Å². The number of carbonyl (C=O) groups excluding carboxylic acids is 2. The molecule has 1 fully saturated rings. The van der Waals surface area contributed by atoms with Crippen molar-refractivity contribution in [2.45, 2.75) is 25.8 Å². The molecule has 0 saturated heterocycles. The summed E-state index contributed by atoms with van der Waals surface area (Å²) >= 11 is 0. The second kappa shape index (κ2) is 6.88. The summed E-state index contributed by atoms with van der Waals surface area (Å²) in [5.41, 5.74) is -0.175. The molecule has 0 radical (unpaired) electrons. The average molecular weight is 307 g/mol. The van der Waals surface area contributed by atoms with Gasteiger partial charge in [-0.25, -0.2) is 0 Å². The van der Waals surface area contributed by atoms with E-state index in [1.165, 1.54) is 12.1 Å². The van der Waals surface area contributed by atoms with E-state index in [2.05, 4.69) is 10.6 Å². The SMILES string of the molecule is CCOc1ccc(C(=O)NCC(=O)NC2CC2)cc1[N+](=O)[O-]. The maximum absolute atomic E-state index is 11.9. The summed E-state index contributed by atoms with van der Waals surface area (Å²) in [5, 5.41) is 16.2. The van der Waals surface area contributed by atoms with E-state index in [-0.39, 0.29) is 42.1 Å². The van der Waals surface area contributed by atoms with E-state index < -0.39 is 10.8 Å². The molecule has 118 valence electrons. The number of nitrogens with one attached hydrogen (secondary N) is 2. The Bertz CT molecular complexity index is 598. The molecule has 1 aromatic carbocycles. The van der Waals surface area contributed by atoms with Gasteiger partial charge in [0.1, 0.15) is 0 Å². The minimum Gasteiger partial charge on any atom is -0.487 e. The molecule has 0 bridgehead atoms. The third-order valence-electron chi connectivity index (χ3n) is 3.07. The lowest BCUT2D eigenvalue weighted by molar-refractivity contribution is -0.385. The minimum atomic E-state index is -0.610. The van der Waals surface area contributed by atoms with Crippen LogP contribution in [0, 0.1) is 10.1 Å². The van der Waals surface area contributed by atoms with Crippen LogP contribution in [0.1, 0.15) is 30.1 Å². The highest BCUT2D eigenvalue weighted by Gasteiger charge is 2.23. The van der Waals surface area contributed by atoms with Crippen LogP contribution in [-0.2, 0) is 4.79 Å². The van der Waals surface area contributed by atoms with E-state index in [0.29, 0.717) is 0 Å². The lowest BCUT2D eigenvalue weighted by Crippen LogP contribution is -2.37. The van der Waals surface area contributed by atoms with Gasteiger partial charge < -0.3 is 15.4 Å². The minimum absolute atomic E-state index is 0.106. The topological polar surface area (TPSA) is 111 Å². The second-order valence-electron chi connectivity index (χ2n) is 4.90. The number of benzene rings is 1. The normalized spacial score (nSPS) is 13.3. The van der Waals surface area contributed by atoms with Gasteiger partial charge in [-0.2, -0.15) is 0 Å². The van der Waals surface area contributed by atoms with Gasteiger partial charge in [0.2, 0.25) is 5.91 Å². The fourth-order valence-electron chi connectivity index (χ4n) is 1.85. The molecule has 8 heteroatoms. The Hall–Kier alpha value is -2.64. The Morgan fingerprint density at radius 1 is 1.41 bits per heavy atom. The van der Waals surface area contributed by atoms with Crippen molar-refractivity contribution in [2.75, 3.05) is 13.2 Å². The second-order valence-corrected chi connectivity index (χ2v) is 4.90. The Morgan fingerprint density at radius 3 is 2.73 bits per heavy atom. The van der Waals surface area contributed by atoms with E-state index in [9.17, 15) is 19.7 Å². The molecule has 0 heterocycles. The molecule has 1 saturated carbocycles. The number of ether oxygens (including phenoxy) is 1. The molecule has 0 spiro atoms. The Balaban J connectivity index is 2.00. The van der Waals surface area contributed by atoms with E-state index in [0.717, 1.165) is 18.9 Å². The zero-order valence-electron chi connectivity index (χ0n) is 12.1. The molecular weight excluding hydrogens is 290 g/mol. The molecule has 0 aromatic heterocycles. The Labute approximate surface area is 127 Å². The lowest BCUT2D eigenvalue weighted by Gasteiger charge is -2.08. The predicted molar refractivity (Wildman–Crippen MR) is 77.8 cm³/mol. The van der Waals surface area contributed by atoms with Gasteiger partial charge in [-0.3, -0.25) is 19.7 Å². The number of nitrogens with zero attached hydrogens (tertiary/aromatic N) is 1. The highest BCUT2D eigenvalue weighted by molar-refractivity contribution is 5.97. The third kappa shape index (κ3) is 4.18. The zero-order chi connectivity index (χ0) is 16.1. The van der Waals surface area contributed by atoms with Gasteiger partial charge in [0.25, 0.3) is 5.91 Å². The van der Waals surface area contributed by atoms with Crippen LogP contribution in [0.4, 0.5) is 5.69 Å². The van der Waals surface area contributed by atoms with Gasteiger partial charge in [0.05, 0.1) is 18.1 Å². The van der Waals surface area contributed by atoms with Crippen LogP contribution in [0.5, 0.6) is 5.75 Å². The first kappa shape index (κ1) is 15.7.